The fraction of sp³-hybridized carbons (Fsp3) is 0.294. The van der Waals surface area contributed by atoms with Crippen LogP contribution in [0.3, 0.4) is 0 Å². The van der Waals surface area contributed by atoms with E-state index in [-0.39, 0.29) is 24.6 Å². The average molecular weight is 482 g/mol. The molecule has 3 rings (SSSR count). The van der Waals surface area contributed by atoms with Crippen LogP contribution in [0.5, 0.6) is 0 Å². The number of nitrogens with one attached hydrogen (secondary N) is 1. The van der Waals surface area contributed by atoms with E-state index in [4.69, 9.17) is 34.8 Å². The van der Waals surface area contributed by atoms with Crippen LogP contribution in [0, 0.1) is 6.92 Å². The third-order valence-electron chi connectivity index (χ3n) is 4.07. The molecule has 0 radical (unpaired) electrons. The quantitative estimate of drug-likeness (QED) is 0.547. The van der Waals surface area contributed by atoms with Gasteiger partial charge in [0, 0.05) is 6.42 Å². The van der Waals surface area contributed by atoms with Gasteiger partial charge in [-0.15, -0.1) is 5.10 Å². The number of carbonyl (C=O) groups is 1. The monoisotopic (exact) mass is 480 g/mol. The van der Waals surface area contributed by atoms with E-state index < -0.39 is 22.8 Å². The van der Waals surface area contributed by atoms with Gasteiger partial charge in [0.15, 0.2) is 5.69 Å². The minimum Gasteiger partial charge on any atom is -0.293 e. The third-order valence-corrected chi connectivity index (χ3v) is 5.26. The second-order valence-electron chi connectivity index (χ2n) is 6.28. The van der Waals surface area contributed by atoms with E-state index in [0.717, 1.165) is 10.2 Å². The standard InChI is InChI=1S/C17H14Cl3F3N6O/c1-9-14(20)15(17(21,22)23)26-29(9)5-4-13(30)25-16-24-8-28(27-16)7-10-2-3-11(18)12(19)6-10/h2-3,6,8H,4-5,7H2,1H3,(H,25,27,30). The van der Waals surface area contributed by atoms with Gasteiger partial charge >= 0.3 is 6.18 Å². The molecular weight excluding hydrogens is 468 g/mol. The van der Waals surface area contributed by atoms with Gasteiger partial charge < -0.3 is 0 Å². The molecule has 2 aromatic heterocycles. The summed E-state index contributed by atoms with van der Waals surface area (Å²) >= 11 is 17.5. The van der Waals surface area contributed by atoms with Gasteiger partial charge in [-0.05, 0) is 24.6 Å². The molecule has 13 heteroatoms. The summed E-state index contributed by atoms with van der Waals surface area (Å²) < 4.78 is 41.1. The van der Waals surface area contributed by atoms with Gasteiger partial charge in [-0.2, -0.15) is 18.3 Å². The Morgan fingerprint density at radius 2 is 1.90 bits per heavy atom. The van der Waals surface area contributed by atoms with Crippen molar-refractivity contribution in [1.29, 1.82) is 0 Å². The number of amides is 1. The van der Waals surface area contributed by atoms with Crippen LogP contribution in [0.15, 0.2) is 24.5 Å². The van der Waals surface area contributed by atoms with E-state index in [9.17, 15) is 18.0 Å². The van der Waals surface area contributed by atoms with E-state index in [2.05, 4.69) is 20.5 Å². The molecule has 30 heavy (non-hydrogen) atoms. The van der Waals surface area contributed by atoms with Gasteiger partial charge in [0.2, 0.25) is 11.9 Å². The van der Waals surface area contributed by atoms with Crippen LogP contribution in [0.2, 0.25) is 15.1 Å². The van der Waals surface area contributed by atoms with Gasteiger partial charge in [-0.1, -0.05) is 40.9 Å². The molecule has 0 aliphatic carbocycles. The van der Waals surface area contributed by atoms with Crippen molar-refractivity contribution in [2.75, 3.05) is 5.32 Å². The highest BCUT2D eigenvalue weighted by Crippen LogP contribution is 2.35. The van der Waals surface area contributed by atoms with Crippen LogP contribution in [0.25, 0.3) is 0 Å². The molecule has 0 saturated heterocycles. The molecule has 0 aliphatic rings. The second kappa shape index (κ2) is 8.83. The highest BCUT2D eigenvalue weighted by Gasteiger charge is 2.38. The number of alkyl halides is 3. The lowest BCUT2D eigenvalue weighted by molar-refractivity contribution is -0.141. The van der Waals surface area contributed by atoms with Crippen LogP contribution in [-0.2, 0) is 24.1 Å². The van der Waals surface area contributed by atoms with Crippen molar-refractivity contribution >= 4 is 46.7 Å². The van der Waals surface area contributed by atoms with E-state index in [0.29, 0.717) is 16.6 Å². The fourth-order valence-electron chi connectivity index (χ4n) is 2.57. The number of nitrogens with zero attached hydrogens (tertiary/aromatic N) is 5. The Morgan fingerprint density at radius 1 is 1.17 bits per heavy atom. The maximum atomic E-state index is 12.9. The minimum atomic E-state index is -4.67. The molecule has 0 unspecified atom stereocenters. The predicted molar refractivity (Wildman–Crippen MR) is 106 cm³/mol. The highest BCUT2D eigenvalue weighted by molar-refractivity contribution is 6.42. The average Bonchev–Trinajstić information content (AvgIpc) is 3.21. The summed E-state index contributed by atoms with van der Waals surface area (Å²) in [6, 6.07) is 5.13. The molecular formula is C17H14Cl3F3N6O. The lowest BCUT2D eigenvalue weighted by Gasteiger charge is -2.05. The number of hydrogen-bond donors (Lipinski definition) is 1. The molecule has 3 aromatic rings. The maximum Gasteiger partial charge on any atom is 0.436 e. The molecule has 0 fully saturated rings. The van der Waals surface area contributed by atoms with Crippen molar-refractivity contribution in [2.24, 2.45) is 0 Å². The minimum absolute atomic E-state index is 0.0614. The van der Waals surface area contributed by atoms with Crippen LogP contribution < -0.4 is 5.32 Å². The number of halogens is 6. The van der Waals surface area contributed by atoms with E-state index in [1.165, 1.54) is 17.9 Å². The van der Waals surface area contributed by atoms with Crippen molar-refractivity contribution < 1.29 is 18.0 Å². The normalized spacial score (nSPS) is 11.7. The maximum absolute atomic E-state index is 12.9. The summed E-state index contributed by atoms with van der Waals surface area (Å²) in [4.78, 5) is 16.1. The number of carbonyl (C=O) groups excluding carboxylic acids is 1. The van der Waals surface area contributed by atoms with Crippen molar-refractivity contribution in [3.8, 4) is 0 Å². The Morgan fingerprint density at radius 3 is 2.53 bits per heavy atom. The summed E-state index contributed by atoms with van der Waals surface area (Å²) in [7, 11) is 0. The molecule has 0 aliphatic heterocycles. The fourth-order valence-corrected chi connectivity index (χ4v) is 3.13. The molecule has 0 spiro atoms. The SMILES string of the molecule is Cc1c(Cl)c(C(F)(F)F)nn1CCC(=O)Nc1ncn(Cc2ccc(Cl)c(Cl)c2)n1. The van der Waals surface area contributed by atoms with Gasteiger partial charge in [-0.3, -0.25) is 14.8 Å². The molecule has 1 aromatic carbocycles. The third kappa shape index (κ3) is 5.24. The molecule has 1 N–H and O–H groups in total. The zero-order chi connectivity index (χ0) is 22.1. The summed E-state index contributed by atoms with van der Waals surface area (Å²) in [5, 5.41) is 10.4. The van der Waals surface area contributed by atoms with Crippen LogP contribution in [-0.4, -0.2) is 30.5 Å². The number of aryl methyl sites for hydroxylation is 1. The molecule has 2 heterocycles. The topological polar surface area (TPSA) is 77.6 Å². The Labute approximate surface area is 183 Å². The lowest BCUT2D eigenvalue weighted by atomic mass is 10.2. The first kappa shape index (κ1) is 22.4. The van der Waals surface area contributed by atoms with Crippen LogP contribution in [0.1, 0.15) is 23.4 Å². The first-order valence-corrected chi connectivity index (χ1v) is 9.61. The molecule has 0 saturated carbocycles. The molecule has 0 atom stereocenters. The van der Waals surface area contributed by atoms with E-state index >= 15 is 0 Å². The van der Waals surface area contributed by atoms with Crippen molar-refractivity contribution in [2.45, 2.75) is 32.6 Å². The number of rotatable bonds is 6. The first-order valence-electron chi connectivity index (χ1n) is 8.48. The molecule has 7 nitrogen and oxygen atoms in total. The Bertz CT molecular complexity index is 1080. The summed E-state index contributed by atoms with van der Waals surface area (Å²) in [6.07, 6.45) is -3.39. The van der Waals surface area contributed by atoms with Crippen molar-refractivity contribution in [1.82, 2.24) is 24.5 Å². The van der Waals surface area contributed by atoms with Crippen molar-refractivity contribution in [3.05, 3.63) is 56.5 Å². The van der Waals surface area contributed by atoms with Crippen LogP contribution in [0.4, 0.5) is 19.1 Å². The Balaban J connectivity index is 1.58. The van der Waals surface area contributed by atoms with Gasteiger partial charge in [-0.25, -0.2) is 9.67 Å². The highest BCUT2D eigenvalue weighted by atomic mass is 35.5. The van der Waals surface area contributed by atoms with Gasteiger partial charge in [0.1, 0.15) is 6.33 Å². The number of benzene rings is 1. The number of anilines is 1. The van der Waals surface area contributed by atoms with Crippen LogP contribution >= 0.6 is 34.8 Å². The predicted octanol–water partition coefficient (Wildman–Crippen LogP) is 4.84. The Kier molecular flexibility index (Phi) is 6.59. The molecule has 0 bridgehead atoms. The zero-order valence-corrected chi connectivity index (χ0v) is 17.6. The second-order valence-corrected chi connectivity index (χ2v) is 7.47. The molecule has 1 amide bonds. The Hall–Kier alpha value is -2.30. The summed E-state index contributed by atoms with van der Waals surface area (Å²) in [6.45, 7) is 1.66. The summed E-state index contributed by atoms with van der Waals surface area (Å²) in [5.41, 5.74) is -0.218. The smallest absolute Gasteiger partial charge is 0.293 e. The van der Waals surface area contributed by atoms with Gasteiger partial charge in [0.25, 0.3) is 0 Å². The first-order chi connectivity index (χ1) is 14.0. The lowest BCUT2D eigenvalue weighted by Crippen LogP contribution is -2.17. The molecule has 160 valence electrons. The van der Waals surface area contributed by atoms with E-state index in [1.54, 1.807) is 18.2 Å². The van der Waals surface area contributed by atoms with E-state index in [1.807, 2.05) is 0 Å². The summed E-state index contributed by atoms with van der Waals surface area (Å²) in [5.74, 6) is -0.423. The van der Waals surface area contributed by atoms with Crippen molar-refractivity contribution in [3.63, 3.8) is 0 Å². The van der Waals surface area contributed by atoms with Gasteiger partial charge in [0.05, 0.1) is 33.9 Å². The number of hydrogen-bond acceptors (Lipinski definition) is 4. The number of aromatic nitrogens is 5. The zero-order valence-electron chi connectivity index (χ0n) is 15.3. The largest absolute Gasteiger partial charge is 0.436 e.